The van der Waals surface area contributed by atoms with Gasteiger partial charge in [-0.3, -0.25) is 14.0 Å². The highest BCUT2D eigenvalue weighted by Gasteiger charge is 2.16. The summed E-state index contributed by atoms with van der Waals surface area (Å²) in [6.45, 7) is 0.810. The Labute approximate surface area is 94.5 Å². The number of aliphatic carboxylic acids is 2. The summed E-state index contributed by atoms with van der Waals surface area (Å²) in [6.07, 6.45) is 3.04. The fourth-order valence-corrected chi connectivity index (χ4v) is 1.41. The Balaban J connectivity index is 3.53. The molecule has 0 rings (SSSR count). The molecule has 5 heteroatoms. The molecule has 2 N–H and O–H groups in total. The summed E-state index contributed by atoms with van der Waals surface area (Å²) in [6, 6.07) is 0. The molecule has 0 amide bonds. The number of halogens is 1. The van der Waals surface area contributed by atoms with Gasteiger partial charge in [0.25, 0.3) is 0 Å². The summed E-state index contributed by atoms with van der Waals surface area (Å²) < 4.78 is 12.2. The van der Waals surface area contributed by atoms with E-state index in [0.29, 0.717) is 19.3 Å². The van der Waals surface area contributed by atoms with Gasteiger partial charge >= 0.3 is 11.9 Å². The number of rotatable bonds is 9. The van der Waals surface area contributed by atoms with E-state index < -0.39 is 24.5 Å². The molecule has 0 bridgehead atoms. The molecule has 1 unspecified atom stereocenters. The normalized spacial score (nSPS) is 14.4. The Morgan fingerprint density at radius 2 is 1.62 bits per heavy atom. The Bertz CT molecular complexity index is 230. The molecule has 4 nitrogen and oxygen atoms in total. The van der Waals surface area contributed by atoms with E-state index in [1.54, 1.807) is 6.92 Å². The van der Waals surface area contributed by atoms with Crippen LogP contribution < -0.4 is 0 Å². The molecule has 0 aromatic heterocycles. The average Bonchev–Trinajstić information content (AvgIpc) is 2.22. The van der Waals surface area contributed by atoms with Crippen LogP contribution in [0.15, 0.2) is 0 Å². The van der Waals surface area contributed by atoms with E-state index >= 15 is 0 Å². The molecule has 0 saturated carbocycles. The SMILES string of the molecule is CC(CCCCC[C@@H](CF)C(=O)O)C(=O)O. The molecule has 0 saturated heterocycles. The first-order valence-corrected chi connectivity index (χ1v) is 5.50. The summed E-state index contributed by atoms with van der Waals surface area (Å²) in [7, 11) is 0. The van der Waals surface area contributed by atoms with E-state index in [4.69, 9.17) is 10.2 Å². The molecule has 0 aliphatic rings. The van der Waals surface area contributed by atoms with Crippen molar-refractivity contribution in [2.24, 2.45) is 11.8 Å². The lowest BCUT2D eigenvalue weighted by molar-refractivity contribution is -0.142. The molecular weight excluding hydrogens is 215 g/mol. The van der Waals surface area contributed by atoms with Crippen molar-refractivity contribution in [3.63, 3.8) is 0 Å². The van der Waals surface area contributed by atoms with Crippen molar-refractivity contribution in [2.75, 3.05) is 6.67 Å². The molecular formula is C11H19FO4. The van der Waals surface area contributed by atoms with Crippen LogP contribution in [0, 0.1) is 11.8 Å². The first-order chi connectivity index (χ1) is 7.49. The number of alkyl halides is 1. The highest BCUT2D eigenvalue weighted by Crippen LogP contribution is 2.14. The lowest BCUT2D eigenvalue weighted by Gasteiger charge is -2.08. The van der Waals surface area contributed by atoms with E-state index in [1.807, 2.05) is 0 Å². The predicted octanol–water partition coefficient (Wildman–Crippen LogP) is 2.33. The monoisotopic (exact) mass is 234 g/mol. The lowest BCUT2D eigenvalue weighted by atomic mass is 9.99. The summed E-state index contributed by atoms with van der Waals surface area (Å²) in [5, 5.41) is 17.2. The predicted molar refractivity (Wildman–Crippen MR) is 57.0 cm³/mol. The van der Waals surface area contributed by atoms with Crippen LogP contribution in [0.3, 0.4) is 0 Å². The highest BCUT2D eigenvalue weighted by molar-refractivity contribution is 5.70. The maximum absolute atomic E-state index is 12.2. The van der Waals surface area contributed by atoms with Crippen LogP contribution in [0.5, 0.6) is 0 Å². The second-order valence-electron chi connectivity index (χ2n) is 4.07. The molecule has 0 aliphatic carbocycles. The molecule has 16 heavy (non-hydrogen) atoms. The van der Waals surface area contributed by atoms with Crippen molar-refractivity contribution in [1.82, 2.24) is 0 Å². The smallest absolute Gasteiger partial charge is 0.309 e. The number of carbonyl (C=O) groups is 2. The van der Waals surface area contributed by atoms with E-state index in [1.165, 1.54) is 0 Å². The molecule has 0 heterocycles. The van der Waals surface area contributed by atoms with Gasteiger partial charge < -0.3 is 10.2 Å². The number of carboxylic acids is 2. The minimum Gasteiger partial charge on any atom is -0.481 e. The van der Waals surface area contributed by atoms with Crippen molar-refractivity contribution >= 4 is 11.9 Å². The van der Waals surface area contributed by atoms with Gasteiger partial charge in [-0.25, -0.2) is 0 Å². The van der Waals surface area contributed by atoms with E-state index in [0.717, 1.165) is 12.8 Å². The Hall–Kier alpha value is -1.13. The van der Waals surface area contributed by atoms with Gasteiger partial charge in [0.1, 0.15) is 6.67 Å². The van der Waals surface area contributed by atoms with E-state index in [-0.39, 0.29) is 5.92 Å². The Kier molecular flexibility index (Phi) is 7.50. The van der Waals surface area contributed by atoms with Gasteiger partial charge in [-0.2, -0.15) is 0 Å². The van der Waals surface area contributed by atoms with Crippen molar-refractivity contribution < 1.29 is 24.2 Å². The summed E-state index contributed by atoms with van der Waals surface area (Å²) in [4.78, 5) is 21.0. The summed E-state index contributed by atoms with van der Waals surface area (Å²) in [5.74, 6) is -3.18. The second kappa shape index (κ2) is 8.07. The maximum Gasteiger partial charge on any atom is 0.309 e. The second-order valence-corrected chi connectivity index (χ2v) is 4.07. The standard InChI is InChI=1S/C11H19FO4/c1-8(10(13)14)5-3-2-4-6-9(7-12)11(15)16/h8-9H,2-7H2,1H3,(H,13,14)(H,15,16)/t8?,9-/m0/s1. The third kappa shape index (κ3) is 6.37. The molecule has 94 valence electrons. The summed E-state index contributed by atoms with van der Waals surface area (Å²) in [5.41, 5.74) is 0. The first-order valence-electron chi connectivity index (χ1n) is 5.50. The van der Waals surface area contributed by atoms with Gasteiger partial charge in [0.2, 0.25) is 0 Å². The topological polar surface area (TPSA) is 74.6 Å². The molecule has 0 spiro atoms. The third-order valence-electron chi connectivity index (χ3n) is 2.65. The zero-order valence-electron chi connectivity index (χ0n) is 9.49. The Morgan fingerprint density at radius 3 is 2.06 bits per heavy atom. The molecule has 0 aromatic rings. The summed E-state index contributed by atoms with van der Waals surface area (Å²) >= 11 is 0. The van der Waals surface area contributed by atoms with Gasteiger partial charge in [0.05, 0.1) is 11.8 Å². The average molecular weight is 234 g/mol. The van der Waals surface area contributed by atoms with Crippen LogP contribution in [0.1, 0.15) is 39.0 Å². The van der Waals surface area contributed by atoms with Crippen LogP contribution in [0.25, 0.3) is 0 Å². The lowest BCUT2D eigenvalue weighted by Crippen LogP contribution is -2.15. The molecule has 0 radical (unpaired) electrons. The van der Waals surface area contributed by atoms with E-state index in [9.17, 15) is 14.0 Å². The van der Waals surface area contributed by atoms with Gasteiger partial charge in [-0.15, -0.1) is 0 Å². The van der Waals surface area contributed by atoms with Gasteiger partial charge in [0.15, 0.2) is 0 Å². The van der Waals surface area contributed by atoms with Crippen molar-refractivity contribution in [3.8, 4) is 0 Å². The molecule has 0 aliphatic heterocycles. The fourth-order valence-electron chi connectivity index (χ4n) is 1.41. The van der Waals surface area contributed by atoms with Crippen LogP contribution in [-0.2, 0) is 9.59 Å². The zero-order chi connectivity index (χ0) is 12.6. The van der Waals surface area contributed by atoms with Crippen LogP contribution in [0.4, 0.5) is 4.39 Å². The molecule has 2 atom stereocenters. The zero-order valence-corrected chi connectivity index (χ0v) is 9.49. The largest absolute Gasteiger partial charge is 0.481 e. The van der Waals surface area contributed by atoms with Gasteiger partial charge in [0, 0.05) is 0 Å². The number of carboxylic acid groups (broad SMARTS) is 2. The minimum atomic E-state index is -1.10. The van der Waals surface area contributed by atoms with E-state index in [2.05, 4.69) is 0 Å². The molecule has 0 aromatic carbocycles. The Morgan fingerprint density at radius 1 is 1.06 bits per heavy atom. The van der Waals surface area contributed by atoms with Gasteiger partial charge in [-0.1, -0.05) is 26.2 Å². The quantitative estimate of drug-likeness (QED) is 0.600. The number of hydrogen-bond donors (Lipinski definition) is 2. The number of hydrogen-bond acceptors (Lipinski definition) is 2. The maximum atomic E-state index is 12.2. The minimum absolute atomic E-state index is 0.327. The third-order valence-corrected chi connectivity index (χ3v) is 2.65. The van der Waals surface area contributed by atoms with Crippen molar-refractivity contribution in [3.05, 3.63) is 0 Å². The van der Waals surface area contributed by atoms with Crippen molar-refractivity contribution in [1.29, 1.82) is 0 Å². The molecule has 0 fully saturated rings. The van der Waals surface area contributed by atoms with Crippen molar-refractivity contribution in [2.45, 2.75) is 39.0 Å². The first kappa shape index (κ1) is 14.9. The van der Waals surface area contributed by atoms with Crippen LogP contribution >= 0.6 is 0 Å². The van der Waals surface area contributed by atoms with Crippen LogP contribution in [-0.4, -0.2) is 28.8 Å². The van der Waals surface area contributed by atoms with Gasteiger partial charge in [-0.05, 0) is 12.8 Å². The highest BCUT2D eigenvalue weighted by atomic mass is 19.1. The number of unbranched alkanes of at least 4 members (excludes halogenated alkanes) is 2. The van der Waals surface area contributed by atoms with Crippen LogP contribution in [0.2, 0.25) is 0 Å². The fraction of sp³-hybridized carbons (Fsp3) is 0.818.